The highest BCUT2D eigenvalue weighted by atomic mass is 16.4. The minimum atomic E-state index is -1.19. The normalized spacial score (nSPS) is 8.53. The predicted molar refractivity (Wildman–Crippen MR) is 66.8 cm³/mol. The van der Waals surface area contributed by atoms with Gasteiger partial charge in [0, 0.05) is 18.3 Å². The standard InChI is InChI=1S/3C3H8O.C2H4O3/c3*1-3(2)4;3-1-2(4)5/h3*3-4H,1-2H3;3H,1H2,(H,4,5). The third kappa shape index (κ3) is 1580. The van der Waals surface area contributed by atoms with Crippen LogP contribution >= 0.6 is 0 Å². The van der Waals surface area contributed by atoms with Crippen LogP contribution in [0.1, 0.15) is 41.5 Å². The summed E-state index contributed by atoms with van der Waals surface area (Å²) in [6, 6.07) is 0. The Labute approximate surface area is 104 Å². The Hall–Kier alpha value is -0.690. The van der Waals surface area contributed by atoms with E-state index >= 15 is 0 Å². The van der Waals surface area contributed by atoms with Gasteiger partial charge in [-0.3, -0.25) is 0 Å². The lowest BCUT2D eigenvalue weighted by Gasteiger charge is -1.80. The van der Waals surface area contributed by atoms with Crippen molar-refractivity contribution in [3.63, 3.8) is 0 Å². The molecule has 0 saturated carbocycles. The van der Waals surface area contributed by atoms with Crippen molar-refractivity contribution in [1.82, 2.24) is 0 Å². The number of aliphatic carboxylic acids is 1. The maximum atomic E-state index is 9.12. The fourth-order valence-electron chi connectivity index (χ4n) is 0. The van der Waals surface area contributed by atoms with Crippen LogP contribution in [0, 0.1) is 0 Å². The van der Waals surface area contributed by atoms with E-state index in [1.165, 1.54) is 0 Å². The van der Waals surface area contributed by atoms with Gasteiger partial charge in [0.05, 0.1) is 0 Å². The van der Waals surface area contributed by atoms with Gasteiger partial charge in [-0.05, 0) is 41.5 Å². The SMILES string of the molecule is CC(C)O.CC(C)O.CC(C)O.O=C(O)CO. The number of aliphatic hydroxyl groups is 4. The highest BCUT2D eigenvalue weighted by Gasteiger charge is 1.82. The van der Waals surface area contributed by atoms with Gasteiger partial charge in [0.2, 0.25) is 0 Å². The van der Waals surface area contributed by atoms with E-state index in [-0.39, 0.29) is 18.3 Å². The van der Waals surface area contributed by atoms with Gasteiger partial charge in [-0.1, -0.05) is 0 Å². The first-order chi connectivity index (χ1) is 7.47. The van der Waals surface area contributed by atoms with Crippen molar-refractivity contribution in [3.05, 3.63) is 0 Å². The Morgan fingerprint density at radius 2 is 0.882 bits per heavy atom. The van der Waals surface area contributed by atoms with Gasteiger partial charge in [-0.2, -0.15) is 0 Å². The fourth-order valence-corrected chi connectivity index (χ4v) is 0. The van der Waals surface area contributed by atoms with Gasteiger partial charge in [0.15, 0.2) is 0 Å². The largest absolute Gasteiger partial charge is 0.480 e. The monoisotopic (exact) mass is 256 g/mol. The van der Waals surface area contributed by atoms with Crippen LogP contribution < -0.4 is 0 Å². The average molecular weight is 256 g/mol. The lowest BCUT2D eigenvalue weighted by molar-refractivity contribution is -0.140. The zero-order valence-corrected chi connectivity index (χ0v) is 11.6. The van der Waals surface area contributed by atoms with Crippen molar-refractivity contribution >= 4 is 5.97 Å². The summed E-state index contributed by atoms with van der Waals surface area (Å²) in [5, 5.41) is 39.2. The van der Waals surface area contributed by atoms with E-state index in [1.807, 2.05) is 0 Å². The number of rotatable bonds is 1. The Kier molecular flexibility index (Phi) is 30.7. The molecule has 0 aliphatic heterocycles. The predicted octanol–water partition coefficient (Wildman–Crippen LogP) is 0.225. The lowest BCUT2D eigenvalue weighted by atomic mass is 10.5. The molecule has 0 fully saturated rings. The minimum Gasteiger partial charge on any atom is -0.480 e. The van der Waals surface area contributed by atoms with Crippen LogP contribution in [0.15, 0.2) is 0 Å². The van der Waals surface area contributed by atoms with Crippen LogP contribution in [0.4, 0.5) is 0 Å². The summed E-state index contributed by atoms with van der Waals surface area (Å²) in [7, 11) is 0. The molecular formula is C11H28O6. The summed E-state index contributed by atoms with van der Waals surface area (Å²) >= 11 is 0. The van der Waals surface area contributed by atoms with E-state index in [1.54, 1.807) is 41.5 Å². The van der Waals surface area contributed by atoms with Crippen LogP contribution in [-0.4, -0.2) is 56.4 Å². The van der Waals surface area contributed by atoms with Gasteiger partial charge in [0.25, 0.3) is 0 Å². The molecule has 0 saturated heterocycles. The number of carboxylic acids is 1. The Balaban J connectivity index is -0.0000000667. The van der Waals surface area contributed by atoms with Crippen molar-refractivity contribution in [2.75, 3.05) is 6.61 Å². The fraction of sp³-hybridized carbons (Fsp3) is 0.909. The van der Waals surface area contributed by atoms with E-state index in [0.29, 0.717) is 0 Å². The van der Waals surface area contributed by atoms with Crippen LogP contribution in [0.3, 0.4) is 0 Å². The average Bonchev–Trinajstić information content (AvgIpc) is 2.00. The van der Waals surface area contributed by atoms with Crippen molar-refractivity contribution in [3.8, 4) is 0 Å². The second-order valence-electron chi connectivity index (χ2n) is 3.83. The molecule has 0 bridgehead atoms. The van der Waals surface area contributed by atoms with Gasteiger partial charge in [0.1, 0.15) is 6.61 Å². The van der Waals surface area contributed by atoms with Crippen LogP contribution in [0.25, 0.3) is 0 Å². The van der Waals surface area contributed by atoms with Crippen molar-refractivity contribution < 1.29 is 30.3 Å². The number of hydrogen-bond acceptors (Lipinski definition) is 5. The molecule has 0 unspecified atom stereocenters. The number of carbonyl (C=O) groups is 1. The third-order valence-corrected chi connectivity index (χ3v) is 0.135. The number of hydrogen-bond donors (Lipinski definition) is 5. The molecule has 0 rings (SSSR count). The van der Waals surface area contributed by atoms with Crippen molar-refractivity contribution in [2.45, 2.75) is 59.9 Å². The molecule has 0 amide bonds. The second kappa shape index (κ2) is 20.7. The number of carboxylic acid groups (broad SMARTS) is 1. The van der Waals surface area contributed by atoms with Gasteiger partial charge < -0.3 is 25.5 Å². The molecule has 0 spiro atoms. The first-order valence-corrected chi connectivity index (χ1v) is 5.34. The van der Waals surface area contributed by atoms with Gasteiger partial charge in [-0.15, -0.1) is 0 Å². The molecule has 6 heteroatoms. The summed E-state index contributed by atoms with van der Waals surface area (Å²) in [6.07, 6.45) is -0.500. The highest BCUT2D eigenvalue weighted by Crippen LogP contribution is 1.65. The van der Waals surface area contributed by atoms with E-state index in [2.05, 4.69) is 0 Å². The summed E-state index contributed by atoms with van der Waals surface area (Å²) in [5.74, 6) is -1.19. The molecule has 0 atom stereocenters. The molecule has 0 heterocycles. The summed E-state index contributed by atoms with van der Waals surface area (Å²) in [6.45, 7) is 9.56. The molecule has 0 aliphatic carbocycles. The second-order valence-corrected chi connectivity index (χ2v) is 3.83. The Bertz CT molecular complexity index is 111. The molecule has 0 aromatic rings. The topological polar surface area (TPSA) is 118 Å². The zero-order valence-electron chi connectivity index (χ0n) is 11.6. The number of aliphatic hydroxyl groups excluding tert-OH is 4. The summed E-state index contributed by atoms with van der Waals surface area (Å²) < 4.78 is 0. The molecule has 0 aromatic heterocycles. The van der Waals surface area contributed by atoms with E-state index < -0.39 is 12.6 Å². The van der Waals surface area contributed by atoms with Crippen molar-refractivity contribution in [1.29, 1.82) is 0 Å². The van der Waals surface area contributed by atoms with E-state index in [4.69, 9.17) is 30.3 Å². The maximum Gasteiger partial charge on any atom is 0.329 e. The first-order valence-electron chi connectivity index (χ1n) is 5.34. The Morgan fingerprint density at radius 1 is 0.824 bits per heavy atom. The highest BCUT2D eigenvalue weighted by molar-refractivity contribution is 5.67. The molecule has 0 aromatic carbocycles. The van der Waals surface area contributed by atoms with Crippen LogP contribution in [0.2, 0.25) is 0 Å². The smallest absolute Gasteiger partial charge is 0.329 e. The molecule has 108 valence electrons. The zero-order chi connectivity index (χ0) is 15.0. The van der Waals surface area contributed by atoms with E-state index in [9.17, 15) is 0 Å². The van der Waals surface area contributed by atoms with E-state index in [0.717, 1.165) is 0 Å². The molecule has 0 radical (unpaired) electrons. The van der Waals surface area contributed by atoms with Crippen LogP contribution in [0.5, 0.6) is 0 Å². The first kappa shape index (κ1) is 25.2. The molecule has 6 nitrogen and oxygen atoms in total. The lowest BCUT2D eigenvalue weighted by Crippen LogP contribution is -1.98. The minimum absolute atomic E-state index is 0.167. The summed E-state index contributed by atoms with van der Waals surface area (Å²) in [5.41, 5.74) is 0. The third-order valence-electron chi connectivity index (χ3n) is 0.135. The maximum absolute atomic E-state index is 9.12. The quantitative estimate of drug-likeness (QED) is 0.458. The van der Waals surface area contributed by atoms with Crippen LogP contribution in [-0.2, 0) is 4.79 Å². The Morgan fingerprint density at radius 3 is 0.882 bits per heavy atom. The molecular weight excluding hydrogens is 228 g/mol. The summed E-state index contributed by atoms with van der Waals surface area (Å²) in [4.78, 5) is 9.12. The van der Waals surface area contributed by atoms with Gasteiger partial charge >= 0.3 is 5.97 Å². The van der Waals surface area contributed by atoms with Crippen molar-refractivity contribution in [2.24, 2.45) is 0 Å². The molecule has 17 heavy (non-hydrogen) atoms. The molecule has 0 aliphatic rings. The molecule has 5 N–H and O–H groups in total. The van der Waals surface area contributed by atoms with Gasteiger partial charge in [-0.25, -0.2) is 4.79 Å².